The first-order valence-electron chi connectivity index (χ1n) is 2.64. The molecule has 0 atom stereocenters. The third-order valence-corrected chi connectivity index (χ3v) is 1.11. The van der Waals surface area contributed by atoms with Crippen molar-refractivity contribution in [2.75, 3.05) is 0 Å². The Morgan fingerprint density at radius 1 is 0.375 bits per heavy atom. The van der Waals surface area contributed by atoms with E-state index in [1.165, 1.54) is 0 Å². The van der Waals surface area contributed by atoms with E-state index < -0.39 is 24.2 Å². The Kier molecular flexibility index (Phi) is 8.37. The van der Waals surface area contributed by atoms with Gasteiger partial charge in [0.25, 0.3) is 0 Å². The molecule has 90 valence electrons. The second-order valence-corrected chi connectivity index (χ2v) is 2.14. The van der Waals surface area contributed by atoms with Crippen molar-refractivity contribution in [2.45, 2.75) is 24.2 Å². The standard InChI is InChI=1S/C4F10.2Na.2H/c5-1(6,3(9,10)11)2(7,8)4(12,13)14;;;;. The molecular weight excluding hydrogens is 284 g/mol. The summed E-state index contributed by atoms with van der Waals surface area (Å²) in [6.07, 6.45) is -13.9. The topological polar surface area (TPSA) is 0 Å². The molecule has 0 bridgehead atoms. The number of hydrogen-bond donors (Lipinski definition) is 0. The van der Waals surface area contributed by atoms with E-state index in [9.17, 15) is 43.9 Å². The number of hydrogen-bond acceptors (Lipinski definition) is 0. The Morgan fingerprint density at radius 2 is 0.500 bits per heavy atom. The number of alkyl halides is 10. The summed E-state index contributed by atoms with van der Waals surface area (Å²) < 4.78 is 113. The number of halogens is 10. The second kappa shape index (κ2) is 5.96. The molecule has 0 nitrogen and oxygen atoms in total. The molecule has 0 amide bonds. The third kappa shape index (κ3) is 3.91. The van der Waals surface area contributed by atoms with Gasteiger partial charge in [-0.25, -0.2) is 0 Å². The monoisotopic (exact) mass is 286 g/mol. The van der Waals surface area contributed by atoms with Gasteiger partial charge < -0.3 is 0 Å². The van der Waals surface area contributed by atoms with Crippen molar-refractivity contribution < 1.29 is 43.9 Å². The molecule has 12 heteroatoms. The molecule has 0 heterocycles. The van der Waals surface area contributed by atoms with Gasteiger partial charge in [-0.1, -0.05) is 0 Å². The van der Waals surface area contributed by atoms with E-state index in [2.05, 4.69) is 0 Å². The van der Waals surface area contributed by atoms with Crippen LogP contribution in [0.2, 0.25) is 0 Å². The van der Waals surface area contributed by atoms with Crippen molar-refractivity contribution in [3.63, 3.8) is 0 Å². The average Bonchev–Trinajstić information content (AvgIpc) is 1.81. The van der Waals surface area contributed by atoms with Gasteiger partial charge in [0.05, 0.1) is 0 Å². The summed E-state index contributed by atoms with van der Waals surface area (Å²) in [6, 6.07) is 0. The second-order valence-electron chi connectivity index (χ2n) is 2.14. The maximum absolute atomic E-state index is 11.6. The summed E-state index contributed by atoms with van der Waals surface area (Å²) in [4.78, 5) is 0. The van der Waals surface area contributed by atoms with Crippen molar-refractivity contribution in [2.24, 2.45) is 0 Å². The van der Waals surface area contributed by atoms with Gasteiger partial charge in [0.15, 0.2) is 0 Å². The fourth-order valence-electron chi connectivity index (χ4n) is 0.356. The van der Waals surface area contributed by atoms with E-state index in [1.54, 1.807) is 0 Å². The zero-order valence-corrected chi connectivity index (χ0v) is 5.78. The molecule has 0 spiro atoms. The molecule has 0 radical (unpaired) electrons. The van der Waals surface area contributed by atoms with Crippen molar-refractivity contribution in [1.82, 2.24) is 0 Å². The van der Waals surface area contributed by atoms with E-state index in [-0.39, 0.29) is 59.1 Å². The van der Waals surface area contributed by atoms with Crippen LogP contribution in [0.5, 0.6) is 0 Å². The summed E-state index contributed by atoms with van der Waals surface area (Å²) in [6.45, 7) is 0. The van der Waals surface area contributed by atoms with Gasteiger partial charge >= 0.3 is 83.3 Å². The van der Waals surface area contributed by atoms with E-state index in [1.807, 2.05) is 0 Å². The average molecular weight is 286 g/mol. The molecule has 0 aliphatic heterocycles. The first-order chi connectivity index (χ1) is 5.75. The minimum atomic E-state index is -7.14. The molecule has 0 aromatic heterocycles. The van der Waals surface area contributed by atoms with Gasteiger partial charge in [-0.05, 0) is 0 Å². The Bertz CT molecular complexity index is 190. The van der Waals surface area contributed by atoms with Crippen molar-refractivity contribution in [3.05, 3.63) is 0 Å². The van der Waals surface area contributed by atoms with Crippen LogP contribution < -0.4 is 0 Å². The normalized spacial score (nSPS) is 13.9. The van der Waals surface area contributed by atoms with E-state index >= 15 is 0 Å². The quantitative estimate of drug-likeness (QED) is 0.511. The molecule has 0 rings (SSSR count). The third-order valence-electron chi connectivity index (χ3n) is 1.11. The first kappa shape index (κ1) is 22.5. The molecule has 0 aliphatic carbocycles. The van der Waals surface area contributed by atoms with Gasteiger partial charge in [0.1, 0.15) is 0 Å². The Morgan fingerprint density at radius 3 is 0.562 bits per heavy atom. The van der Waals surface area contributed by atoms with Crippen LogP contribution in [0.4, 0.5) is 43.9 Å². The van der Waals surface area contributed by atoms with Crippen LogP contribution in [0.15, 0.2) is 0 Å². The zero-order valence-electron chi connectivity index (χ0n) is 5.78. The Labute approximate surface area is 126 Å². The molecule has 0 N–H and O–H groups in total. The number of rotatable bonds is 1. The minimum absolute atomic E-state index is 0. The summed E-state index contributed by atoms with van der Waals surface area (Å²) in [7, 11) is 0. The van der Waals surface area contributed by atoms with E-state index in [0.29, 0.717) is 0 Å². The van der Waals surface area contributed by atoms with Crippen molar-refractivity contribution >= 4 is 59.1 Å². The molecule has 0 aromatic rings. The first-order valence-corrected chi connectivity index (χ1v) is 2.64. The van der Waals surface area contributed by atoms with Gasteiger partial charge in [0, 0.05) is 0 Å². The van der Waals surface area contributed by atoms with Crippen LogP contribution in [-0.2, 0) is 0 Å². The van der Waals surface area contributed by atoms with Crippen molar-refractivity contribution in [1.29, 1.82) is 0 Å². The molecule has 0 aliphatic rings. The molecule has 16 heavy (non-hydrogen) atoms. The molecule has 0 fully saturated rings. The van der Waals surface area contributed by atoms with Crippen LogP contribution in [0.3, 0.4) is 0 Å². The van der Waals surface area contributed by atoms with E-state index in [4.69, 9.17) is 0 Å². The predicted molar refractivity (Wildman–Crippen MR) is 36.3 cm³/mol. The van der Waals surface area contributed by atoms with Crippen LogP contribution in [0, 0.1) is 0 Å². The molecule has 0 saturated carbocycles. The Hall–Kier alpha value is 1.30. The van der Waals surface area contributed by atoms with Gasteiger partial charge in [0.2, 0.25) is 0 Å². The summed E-state index contributed by atoms with van der Waals surface area (Å²) in [5.74, 6) is -14.3. The molecule has 0 saturated heterocycles. The Balaban J connectivity index is -0.000000845. The van der Waals surface area contributed by atoms with Gasteiger partial charge in [-0.3, -0.25) is 0 Å². The zero-order chi connectivity index (χ0) is 12.0. The molecule has 0 unspecified atom stereocenters. The maximum atomic E-state index is 11.6. The van der Waals surface area contributed by atoms with Crippen molar-refractivity contribution in [3.8, 4) is 0 Å². The van der Waals surface area contributed by atoms with Gasteiger partial charge in [-0.2, -0.15) is 43.9 Å². The fourth-order valence-corrected chi connectivity index (χ4v) is 0.356. The van der Waals surface area contributed by atoms with Crippen LogP contribution in [-0.4, -0.2) is 83.3 Å². The predicted octanol–water partition coefficient (Wildman–Crippen LogP) is 2.08. The molecular formula is C4H2F10Na2. The summed E-state index contributed by atoms with van der Waals surface area (Å²) in [5.41, 5.74) is 0. The van der Waals surface area contributed by atoms with E-state index in [0.717, 1.165) is 0 Å². The SMILES string of the molecule is FC(F)(F)C(F)(F)C(F)(F)C(F)(F)F.[NaH].[NaH]. The molecule has 0 aromatic carbocycles. The fraction of sp³-hybridized carbons (Fsp3) is 1.00. The van der Waals surface area contributed by atoms with Crippen LogP contribution in [0.1, 0.15) is 0 Å². The summed E-state index contributed by atoms with van der Waals surface area (Å²) >= 11 is 0. The van der Waals surface area contributed by atoms with Gasteiger partial charge in [-0.15, -0.1) is 0 Å². The van der Waals surface area contributed by atoms with Crippen LogP contribution in [0.25, 0.3) is 0 Å². The van der Waals surface area contributed by atoms with Crippen LogP contribution >= 0.6 is 0 Å². The summed E-state index contributed by atoms with van der Waals surface area (Å²) in [5, 5.41) is 0.